The number of pyridine rings is 1. The van der Waals surface area contributed by atoms with Crippen LogP contribution in [0.25, 0.3) is 0 Å². The molecule has 0 aliphatic carbocycles. The highest BCUT2D eigenvalue weighted by molar-refractivity contribution is 7.92. The van der Waals surface area contributed by atoms with E-state index in [0.29, 0.717) is 12.3 Å². The summed E-state index contributed by atoms with van der Waals surface area (Å²) in [4.78, 5) is 16.1. The van der Waals surface area contributed by atoms with Gasteiger partial charge in [0.1, 0.15) is 16.3 Å². The fourth-order valence-electron chi connectivity index (χ4n) is 2.20. The third-order valence-electron chi connectivity index (χ3n) is 3.48. The number of hydrogen-bond donors (Lipinski definition) is 2. The van der Waals surface area contributed by atoms with E-state index in [0.717, 1.165) is 12.8 Å². The quantitative estimate of drug-likeness (QED) is 0.702. The number of hydrogen-bond acceptors (Lipinski definition) is 5. The van der Waals surface area contributed by atoms with Crippen LogP contribution in [0.4, 0.5) is 5.69 Å². The Kier molecular flexibility index (Phi) is 6.35. The Morgan fingerprint density at radius 1 is 1.24 bits per heavy atom. The van der Waals surface area contributed by atoms with E-state index in [-0.39, 0.29) is 16.1 Å². The molecular weight excluding hydrogens is 342 g/mol. The fraction of sp³-hybridized carbons (Fsp3) is 0.294. The molecule has 2 aromatic rings. The van der Waals surface area contributed by atoms with Crippen molar-refractivity contribution in [3.05, 3.63) is 48.3 Å². The molecule has 0 fully saturated rings. The second-order valence-corrected chi connectivity index (χ2v) is 6.94. The molecule has 8 heteroatoms. The van der Waals surface area contributed by atoms with Gasteiger partial charge in [-0.15, -0.1) is 0 Å². The number of ether oxygens (including phenoxy) is 1. The molecule has 0 saturated carbocycles. The summed E-state index contributed by atoms with van der Waals surface area (Å²) in [5.74, 6) is -0.0870. The van der Waals surface area contributed by atoms with Gasteiger partial charge in [0, 0.05) is 18.8 Å². The minimum atomic E-state index is -3.98. The van der Waals surface area contributed by atoms with Crippen molar-refractivity contribution < 1.29 is 17.9 Å². The molecule has 2 N–H and O–H groups in total. The van der Waals surface area contributed by atoms with Crippen molar-refractivity contribution in [3.8, 4) is 5.75 Å². The number of aromatic nitrogens is 1. The molecule has 134 valence electrons. The smallest absolute Gasteiger partial charge is 0.262 e. The topological polar surface area (TPSA) is 97.4 Å². The largest absolute Gasteiger partial charge is 0.494 e. The summed E-state index contributed by atoms with van der Waals surface area (Å²) in [7, 11) is -2.55. The number of sulfonamides is 1. The zero-order valence-corrected chi connectivity index (χ0v) is 15.0. The first-order chi connectivity index (χ1) is 12.0. The molecular formula is C17H21N3O4S. The van der Waals surface area contributed by atoms with Crippen LogP contribution < -0.4 is 14.8 Å². The van der Waals surface area contributed by atoms with E-state index in [9.17, 15) is 13.2 Å². The lowest BCUT2D eigenvalue weighted by molar-refractivity contribution is 0.0950. The molecule has 0 unspecified atom stereocenters. The molecule has 1 heterocycles. The van der Waals surface area contributed by atoms with Gasteiger partial charge in [-0.25, -0.2) is 8.42 Å². The number of rotatable bonds is 8. The van der Waals surface area contributed by atoms with Crippen molar-refractivity contribution in [1.82, 2.24) is 10.3 Å². The van der Waals surface area contributed by atoms with Gasteiger partial charge in [-0.1, -0.05) is 25.5 Å². The maximum Gasteiger partial charge on any atom is 0.262 e. The van der Waals surface area contributed by atoms with Crippen molar-refractivity contribution in [2.24, 2.45) is 0 Å². The summed E-state index contributed by atoms with van der Waals surface area (Å²) >= 11 is 0. The number of anilines is 1. The molecule has 7 nitrogen and oxygen atoms in total. The van der Waals surface area contributed by atoms with Gasteiger partial charge in [0.25, 0.3) is 15.9 Å². The summed E-state index contributed by atoms with van der Waals surface area (Å²) in [6.45, 7) is 2.50. The maximum atomic E-state index is 12.8. The number of carbonyl (C=O) groups excluding carboxylic acids is 1. The van der Waals surface area contributed by atoms with Crippen molar-refractivity contribution in [2.75, 3.05) is 18.4 Å². The number of benzene rings is 1. The summed E-state index contributed by atoms with van der Waals surface area (Å²) in [6, 6.07) is 7.60. The second-order valence-electron chi connectivity index (χ2n) is 5.29. The van der Waals surface area contributed by atoms with Gasteiger partial charge in [-0.05, 0) is 18.6 Å². The summed E-state index contributed by atoms with van der Waals surface area (Å²) in [5.41, 5.74) is 0.292. The van der Waals surface area contributed by atoms with Crippen LogP contribution in [0.2, 0.25) is 0 Å². The molecule has 0 bridgehead atoms. The molecule has 25 heavy (non-hydrogen) atoms. The highest BCUT2D eigenvalue weighted by atomic mass is 32.2. The van der Waals surface area contributed by atoms with E-state index in [1.54, 1.807) is 18.2 Å². The Hall–Kier alpha value is -2.61. The number of unbranched alkanes of at least 4 members (excludes halogenated alkanes) is 1. The highest BCUT2D eigenvalue weighted by Gasteiger charge is 2.23. The van der Waals surface area contributed by atoms with Gasteiger partial charge in [-0.2, -0.15) is 0 Å². The zero-order chi connectivity index (χ0) is 18.3. The van der Waals surface area contributed by atoms with Crippen LogP contribution >= 0.6 is 0 Å². The van der Waals surface area contributed by atoms with Crippen LogP contribution in [0.1, 0.15) is 30.1 Å². The Morgan fingerprint density at radius 3 is 2.72 bits per heavy atom. The molecule has 1 amide bonds. The van der Waals surface area contributed by atoms with E-state index in [1.165, 1.54) is 31.6 Å². The Bertz CT molecular complexity index is 837. The lowest BCUT2D eigenvalue weighted by Gasteiger charge is -2.14. The van der Waals surface area contributed by atoms with Gasteiger partial charge in [-0.3, -0.25) is 14.5 Å². The van der Waals surface area contributed by atoms with E-state index in [2.05, 4.69) is 15.0 Å². The number of nitrogens with zero attached hydrogens (tertiary/aromatic N) is 1. The Morgan fingerprint density at radius 2 is 2.00 bits per heavy atom. The number of nitrogens with one attached hydrogen (secondary N) is 2. The van der Waals surface area contributed by atoms with Crippen molar-refractivity contribution >= 4 is 21.6 Å². The molecule has 0 aliphatic heterocycles. The van der Waals surface area contributed by atoms with E-state index >= 15 is 0 Å². The van der Waals surface area contributed by atoms with Crippen molar-refractivity contribution in [1.29, 1.82) is 0 Å². The molecule has 0 spiro atoms. The first-order valence-corrected chi connectivity index (χ1v) is 9.36. The predicted octanol–water partition coefficient (Wildman–Crippen LogP) is 2.42. The Labute approximate surface area is 147 Å². The summed E-state index contributed by atoms with van der Waals surface area (Å²) < 4.78 is 33.0. The average Bonchev–Trinajstić information content (AvgIpc) is 2.62. The average molecular weight is 363 g/mol. The van der Waals surface area contributed by atoms with Gasteiger partial charge in [0.15, 0.2) is 0 Å². The van der Waals surface area contributed by atoms with E-state index in [4.69, 9.17) is 4.74 Å². The van der Waals surface area contributed by atoms with E-state index < -0.39 is 15.9 Å². The SMILES string of the molecule is CCCCNC(=O)c1ccccc1S(=O)(=O)Nc1cnccc1OC. The minimum Gasteiger partial charge on any atom is -0.494 e. The first-order valence-electron chi connectivity index (χ1n) is 7.87. The van der Waals surface area contributed by atoms with Crippen LogP contribution in [0.15, 0.2) is 47.6 Å². The number of methoxy groups -OCH3 is 1. The summed E-state index contributed by atoms with van der Waals surface area (Å²) in [5, 5.41) is 2.73. The lowest BCUT2D eigenvalue weighted by Crippen LogP contribution is -2.27. The summed E-state index contributed by atoms with van der Waals surface area (Å²) in [6.07, 6.45) is 4.60. The van der Waals surface area contributed by atoms with Gasteiger partial charge < -0.3 is 10.1 Å². The standard InChI is InChI=1S/C17H21N3O4S/c1-3-4-10-19-17(21)13-7-5-6-8-16(13)25(22,23)20-14-12-18-11-9-15(14)24-2/h5-9,11-12,20H,3-4,10H2,1-2H3,(H,19,21). The first kappa shape index (κ1) is 18.7. The van der Waals surface area contributed by atoms with Gasteiger partial charge in [0.2, 0.25) is 0 Å². The van der Waals surface area contributed by atoms with Crippen LogP contribution in [0.5, 0.6) is 5.75 Å². The molecule has 0 atom stereocenters. The fourth-order valence-corrected chi connectivity index (χ4v) is 3.46. The Balaban J connectivity index is 2.32. The number of amides is 1. The lowest BCUT2D eigenvalue weighted by atomic mass is 10.2. The number of carbonyl (C=O) groups is 1. The van der Waals surface area contributed by atoms with Crippen molar-refractivity contribution in [3.63, 3.8) is 0 Å². The molecule has 0 saturated heterocycles. The molecule has 1 aromatic heterocycles. The highest BCUT2D eigenvalue weighted by Crippen LogP contribution is 2.26. The van der Waals surface area contributed by atoms with Crippen molar-refractivity contribution in [2.45, 2.75) is 24.7 Å². The third-order valence-corrected chi connectivity index (χ3v) is 4.91. The molecule has 0 aliphatic rings. The molecule has 2 rings (SSSR count). The molecule has 0 radical (unpaired) electrons. The second kappa shape index (κ2) is 8.48. The molecule has 1 aromatic carbocycles. The van der Waals surface area contributed by atoms with Crippen LogP contribution in [-0.2, 0) is 10.0 Å². The van der Waals surface area contributed by atoms with Crippen LogP contribution in [0.3, 0.4) is 0 Å². The van der Waals surface area contributed by atoms with E-state index in [1.807, 2.05) is 6.92 Å². The zero-order valence-electron chi connectivity index (χ0n) is 14.2. The van der Waals surface area contributed by atoms with Gasteiger partial charge >= 0.3 is 0 Å². The van der Waals surface area contributed by atoms with Crippen LogP contribution in [0, 0.1) is 0 Å². The maximum absolute atomic E-state index is 12.8. The monoisotopic (exact) mass is 363 g/mol. The third kappa shape index (κ3) is 4.69. The minimum absolute atomic E-state index is 0.0916. The normalized spacial score (nSPS) is 11.0. The van der Waals surface area contributed by atoms with Gasteiger partial charge in [0.05, 0.1) is 18.9 Å². The predicted molar refractivity (Wildman–Crippen MR) is 95.3 cm³/mol. The van der Waals surface area contributed by atoms with Crippen LogP contribution in [-0.4, -0.2) is 33.0 Å².